The molecule has 78 valence electrons. The number of aromatic nitrogens is 2. The molecule has 0 saturated heterocycles. The predicted molar refractivity (Wildman–Crippen MR) is 53.8 cm³/mol. The third-order valence-electron chi connectivity index (χ3n) is 3.38. The van der Waals surface area contributed by atoms with E-state index in [2.05, 4.69) is 10.2 Å². The highest BCUT2D eigenvalue weighted by Gasteiger charge is 2.36. The fourth-order valence-electron chi connectivity index (χ4n) is 2.29. The highest BCUT2D eigenvalue weighted by atomic mass is 16.3. The number of nitrogens with one attached hydrogen (secondary N) is 1. The van der Waals surface area contributed by atoms with Gasteiger partial charge in [0.2, 0.25) is 0 Å². The summed E-state index contributed by atoms with van der Waals surface area (Å²) in [6.45, 7) is 0.627. The van der Waals surface area contributed by atoms with E-state index in [9.17, 15) is 5.11 Å². The molecule has 4 N–H and O–H groups in total. The van der Waals surface area contributed by atoms with Gasteiger partial charge in [0.05, 0.1) is 6.10 Å². The van der Waals surface area contributed by atoms with Crippen LogP contribution in [0.25, 0.3) is 0 Å². The molecule has 1 aromatic heterocycles. The zero-order chi connectivity index (χ0) is 10.0. The first-order valence-electron chi connectivity index (χ1n) is 5.15. The fraction of sp³-hybridized carbons (Fsp3) is 0.700. The van der Waals surface area contributed by atoms with Gasteiger partial charge in [0, 0.05) is 23.9 Å². The summed E-state index contributed by atoms with van der Waals surface area (Å²) in [5.41, 5.74) is 6.99. The zero-order valence-electron chi connectivity index (χ0n) is 8.24. The van der Waals surface area contributed by atoms with Gasteiger partial charge >= 0.3 is 0 Å². The number of hydrogen-bond acceptors (Lipinski definition) is 3. The molecule has 2 rings (SSSR count). The van der Waals surface area contributed by atoms with E-state index in [1.165, 1.54) is 0 Å². The lowest BCUT2D eigenvalue weighted by Gasteiger charge is -2.37. The molecule has 14 heavy (non-hydrogen) atoms. The molecule has 1 aromatic rings. The molecule has 1 aliphatic carbocycles. The number of hydrogen-bond donors (Lipinski definition) is 3. The van der Waals surface area contributed by atoms with Gasteiger partial charge in [-0.05, 0) is 31.7 Å². The molecule has 0 atom stereocenters. The molecule has 0 aliphatic heterocycles. The monoisotopic (exact) mass is 195 g/mol. The highest BCUT2D eigenvalue weighted by Crippen LogP contribution is 2.37. The second-order valence-electron chi connectivity index (χ2n) is 4.19. The topological polar surface area (TPSA) is 74.9 Å². The van der Waals surface area contributed by atoms with Crippen LogP contribution in [0.4, 0.5) is 0 Å². The number of nitrogens with two attached hydrogens (primary N) is 1. The van der Waals surface area contributed by atoms with Gasteiger partial charge in [-0.3, -0.25) is 5.10 Å². The highest BCUT2D eigenvalue weighted by molar-refractivity contribution is 5.17. The number of aliphatic hydroxyl groups is 1. The number of aromatic amines is 1. The van der Waals surface area contributed by atoms with Crippen molar-refractivity contribution in [2.75, 3.05) is 6.54 Å². The van der Waals surface area contributed by atoms with Crippen LogP contribution < -0.4 is 5.73 Å². The molecular weight excluding hydrogens is 178 g/mol. The zero-order valence-corrected chi connectivity index (χ0v) is 8.24. The van der Waals surface area contributed by atoms with Gasteiger partial charge in [0.1, 0.15) is 0 Å². The van der Waals surface area contributed by atoms with E-state index in [1.54, 1.807) is 6.20 Å². The molecule has 0 unspecified atom stereocenters. The largest absolute Gasteiger partial charge is 0.393 e. The van der Waals surface area contributed by atoms with Gasteiger partial charge in [0.25, 0.3) is 0 Å². The third kappa shape index (κ3) is 1.55. The smallest absolute Gasteiger partial charge is 0.0541 e. The normalized spacial score (nSPS) is 33.1. The van der Waals surface area contributed by atoms with Crippen molar-refractivity contribution in [3.63, 3.8) is 0 Å². The molecule has 1 heterocycles. The van der Waals surface area contributed by atoms with Crippen LogP contribution >= 0.6 is 0 Å². The lowest BCUT2D eigenvalue weighted by atomic mass is 9.71. The molecule has 0 aromatic carbocycles. The maximum Gasteiger partial charge on any atom is 0.0541 e. The van der Waals surface area contributed by atoms with Crippen molar-refractivity contribution < 1.29 is 5.11 Å². The Labute approximate surface area is 83.5 Å². The SMILES string of the molecule is NCC1(c2ccn[nH]2)CCC(O)CC1. The van der Waals surface area contributed by atoms with Gasteiger partial charge in [0.15, 0.2) is 0 Å². The maximum atomic E-state index is 9.47. The van der Waals surface area contributed by atoms with E-state index in [1.807, 2.05) is 6.07 Å². The van der Waals surface area contributed by atoms with Crippen molar-refractivity contribution in [2.45, 2.75) is 37.2 Å². The Kier molecular flexibility index (Phi) is 2.56. The van der Waals surface area contributed by atoms with Crippen LogP contribution in [0.1, 0.15) is 31.4 Å². The summed E-state index contributed by atoms with van der Waals surface area (Å²) in [6, 6.07) is 1.99. The summed E-state index contributed by atoms with van der Waals surface area (Å²) in [4.78, 5) is 0. The Morgan fingerprint density at radius 2 is 2.29 bits per heavy atom. The average molecular weight is 195 g/mol. The van der Waals surface area contributed by atoms with E-state index in [0.29, 0.717) is 6.54 Å². The van der Waals surface area contributed by atoms with Crippen molar-refractivity contribution in [2.24, 2.45) is 5.73 Å². The van der Waals surface area contributed by atoms with Crippen molar-refractivity contribution >= 4 is 0 Å². The summed E-state index contributed by atoms with van der Waals surface area (Å²) in [7, 11) is 0. The van der Waals surface area contributed by atoms with Crippen LogP contribution in [-0.2, 0) is 5.41 Å². The molecule has 1 aliphatic rings. The van der Waals surface area contributed by atoms with E-state index in [-0.39, 0.29) is 11.5 Å². The molecule has 4 heteroatoms. The second kappa shape index (κ2) is 3.71. The average Bonchev–Trinajstić information content (AvgIpc) is 2.73. The molecule has 0 bridgehead atoms. The van der Waals surface area contributed by atoms with E-state index >= 15 is 0 Å². The molecule has 4 nitrogen and oxygen atoms in total. The molecule has 0 radical (unpaired) electrons. The predicted octanol–water partition coefficient (Wildman–Crippen LogP) is 0.541. The van der Waals surface area contributed by atoms with Crippen LogP contribution in [0.5, 0.6) is 0 Å². The number of rotatable bonds is 2. The van der Waals surface area contributed by atoms with Gasteiger partial charge in [-0.15, -0.1) is 0 Å². The number of H-pyrrole nitrogens is 1. The quantitative estimate of drug-likeness (QED) is 0.644. The lowest BCUT2D eigenvalue weighted by Crippen LogP contribution is -2.40. The van der Waals surface area contributed by atoms with Crippen molar-refractivity contribution in [3.05, 3.63) is 18.0 Å². The second-order valence-corrected chi connectivity index (χ2v) is 4.19. The summed E-state index contributed by atoms with van der Waals surface area (Å²) in [5.74, 6) is 0. The summed E-state index contributed by atoms with van der Waals surface area (Å²) in [5, 5.41) is 16.4. The standard InChI is InChI=1S/C10H17N3O/c11-7-10(9-3-6-12-13-9)4-1-8(14)2-5-10/h3,6,8,14H,1-2,4-5,7,11H2,(H,12,13). The summed E-state index contributed by atoms with van der Waals surface area (Å²) < 4.78 is 0. The van der Waals surface area contributed by atoms with Crippen LogP contribution in [0.15, 0.2) is 12.3 Å². The first kappa shape index (κ1) is 9.68. The Morgan fingerprint density at radius 1 is 1.57 bits per heavy atom. The molecular formula is C10H17N3O. The van der Waals surface area contributed by atoms with Crippen LogP contribution in [0.3, 0.4) is 0 Å². The van der Waals surface area contributed by atoms with E-state index in [0.717, 1.165) is 31.4 Å². The van der Waals surface area contributed by atoms with Crippen LogP contribution in [0.2, 0.25) is 0 Å². The molecule has 1 saturated carbocycles. The lowest BCUT2D eigenvalue weighted by molar-refractivity contribution is 0.0962. The van der Waals surface area contributed by atoms with Gasteiger partial charge < -0.3 is 10.8 Å². The first-order valence-corrected chi connectivity index (χ1v) is 5.15. The number of nitrogens with zero attached hydrogens (tertiary/aromatic N) is 1. The minimum absolute atomic E-state index is 0.0235. The van der Waals surface area contributed by atoms with E-state index in [4.69, 9.17) is 5.73 Å². The summed E-state index contributed by atoms with van der Waals surface area (Å²) >= 11 is 0. The Bertz CT molecular complexity index is 276. The van der Waals surface area contributed by atoms with Crippen molar-refractivity contribution in [1.82, 2.24) is 10.2 Å². The molecule has 0 amide bonds. The van der Waals surface area contributed by atoms with Crippen LogP contribution in [0, 0.1) is 0 Å². The Balaban J connectivity index is 2.19. The minimum atomic E-state index is -0.141. The Morgan fingerprint density at radius 3 is 2.79 bits per heavy atom. The van der Waals surface area contributed by atoms with Gasteiger partial charge in [-0.25, -0.2) is 0 Å². The Hall–Kier alpha value is -0.870. The number of aliphatic hydroxyl groups excluding tert-OH is 1. The maximum absolute atomic E-state index is 9.47. The minimum Gasteiger partial charge on any atom is -0.393 e. The summed E-state index contributed by atoms with van der Waals surface area (Å²) in [6.07, 6.45) is 5.21. The fourth-order valence-corrected chi connectivity index (χ4v) is 2.29. The molecule has 1 fully saturated rings. The van der Waals surface area contributed by atoms with Gasteiger partial charge in [-0.1, -0.05) is 0 Å². The van der Waals surface area contributed by atoms with Crippen LogP contribution in [-0.4, -0.2) is 28.0 Å². The van der Waals surface area contributed by atoms with Crippen molar-refractivity contribution in [1.29, 1.82) is 0 Å². The first-order chi connectivity index (χ1) is 6.77. The van der Waals surface area contributed by atoms with E-state index < -0.39 is 0 Å². The third-order valence-corrected chi connectivity index (χ3v) is 3.38. The van der Waals surface area contributed by atoms with Gasteiger partial charge in [-0.2, -0.15) is 5.10 Å². The van der Waals surface area contributed by atoms with Crippen molar-refractivity contribution in [3.8, 4) is 0 Å². The molecule has 0 spiro atoms.